The number of carbonyl (C=O) groups is 1. The molecule has 0 aliphatic heterocycles. The Balaban J connectivity index is 1.47. The Morgan fingerprint density at radius 2 is 1.84 bits per heavy atom. The largest absolute Gasteiger partial charge is 0.462 e. The van der Waals surface area contributed by atoms with Crippen molar-refractivity contribution in [3.05, 3.63) is 11.6 Å². The van der Waals surface area contributed by atoms with E-state index in [-0.39, 0.29) is 12.1 Å². The van der Waals surface area contributed by atoms with Gasteiger partial charge in [0.15, 0.2) is 0 Å². The molecule has 0 bridgehead atoms. The number of fused-ring (bicyclic) bond motifs is 5. The molecule has 0 aromatic rings. The molecular formula is C29H48O2. The van der Waals surface area contributed by atoms with Crippen molar-refractivity contribution in [1.82, 2.24) is 0 Å². The highest BCUT2D eigenvalue weighted by Gasteiger charge is 2.59. The third kappa shape index (κ3) is 4.26. The molecule has 0 saturated heterocycles. The van der Waals surface area contributed by atoms with Gasteiger partial charge in [0.25, 0.3) is 0 Å². The Morgan fingerprint density at radius 1 is 1.06 bits per heavy atom. The number of esters is 1. The molecule has 2 heteroatoms. The topological polar surface area (TPSA) is 26.3 Å². The summed E-state index contributed by atoms with van der Waals surface area (Å²) in [5.41, 5.74) is 2.53. The fourth-order valence-corrected chi connectivity index (χ4v) is 8.99. The van der Waals surface area contributed by atoms with Crippen molar-refractivity contribution in [2.75, 3.05) is 0 Å². The van der Waals surface area contributed by atoms with Gasteiger partial charge in [0, 0.05) is 13.3 Å². The second-order valence-electron chi connectivity index (χ2n) is 12.8. The highest BCUT2D eigenvalue weighted by Crippen LogP contribution is 2.67. The first kappa shape index (κ1) is 23.4. The predicted octanol–water partition coefficient (Wildman–Crippen LogP) is 7.96. The summed E-state index contributed by atoms with van der Waals surface area (Å²) < 4.78 is 5.61. The van der Waals surface area contributed by atoms with Crippen molar-refractivity contribution >= 4 is 5.97 Å². The van der Waals surface area contributed by atoms with Crippen LogP contribution in [0.4, 0.5) is 0 Å². The molecule has 4 rings (SSSR count). The first-order valence-corrected chi connectivity index (χ1v) is 13.5. The molecule has 0 amide bonds. The second kappa shape index (κ2) is 8.86. The molecule has 0 spiro atoms. The molecule has 0 aromatic carbocycles. The summed E-state index contributed by atoms with van der Waals surface area (Å²) in [5, 5.41) is 0. The summed E-state index contributed by atoms with van der Waals surface area (Å²) in [4.78, 5) is 11.5. The van der Waals surface area contributed by atoms with Crippen LogP contribution in [0.3, 0.4) is 0 Å². The predicted molar refractivity (Wildman–Crippen MR) is 129 cm³/mol. The summed E-state index contributed by atoms with van der Waals surface area (Å²) in [7, 11) is 0. The second-order valence-corrected chi connectivity index (χ2v) is 12.8. The van der Waals surface area contributed by atoms with Crippen LogP contribution in [-0.4, -0.2) is 12.1 Å². The summed E-state index contributed by atoms with van der Waals surface area (Å²) >= 11 is 0. The molecule has 0 radical (unpaired) electrons. The number of carbonyl (C=O) groups excluding carboxylic acids is 1. The normalized spacial score (nSPS) is 42.9. The van der Waals surface area contributed by atoms with E-state index in [1.54, 1.807) is 12.5 Å². The maximum atomic E-state index is 11.5. The lowest BCUT2D eigenvalue weighted by atomic mass is 9.47. The zero-order chi connectivity index (χ0) is 22.4. The van der Waals surface area contributed by atoms with E-state index in [2.05, 4.69) is 40.7 Å². The van der Waals surface area contributed by atoms with Crippen molar-refractivity contribution in [3.8, 4) is 0 Å². The monoisotopic (exact) mass is 428 g/mol. The third-order valence-electron chi connectivity index (χ3n) is 10.6. The van der Waals surface area contributed by atoms with Gasteiger partial charge < -0.3 is 4.74 Å². The Kier molecular flexibility index (Phi) is 6.68. The lowest BCUT2D eigenvalue weighted by Crippen LogP contribution is -2.51. The van der Waals surface area contributed by atoms with Crippen molar-refractivity contribution in [2.45, 2.75) is 118 Å². The van der Waals surface area contributed by atoms with Gasteiger partial charge in [0.05, 0.1) is 0 Å². The summed E-state index contributed by atoms with van der Waals surface area (Å²) in [5.74, 6) is 5.19. The third-order valence-corrected chi connectivity index (χ3v) is 10.6. The molecule has 2 unspecified atom stereocenters. The minimum Gasteiger partial charge on any atom is -0.462 e. The number of allylic oxidation sites excluding steroid dienone is 1. The van der Waals surface area contributed by atoms with Gasteiger partial charge in [0.2, 0.25) is 0 Å². The van der Waals surface area contributed by atoms with Crippen LogP contribution in [0, 0.1) is 46.3 Å². The van der Waals surface area contributed by atoms with E-state index in [4.69, 9.17) is 4.74 Å². The number of hydrogen-bond donors (Lipinski definition) is 0. The van der Waals surface area contributed by atoms with Crippen LogP contribution in [-0.2, 0) is 9.53 Å². The molecule has 176 valence electrons. The number of hydrogen-bond acceptors (Lipinski definition) is 2. The summed E-state index contributed by atoms with van der Waals surface area (Å²) in [6.07, 6.45) is 17.2. The maximum Gasteiger partial charge on any atom is 0.302 e. The van der Waals surface area contributed by atoms with E-state index < -0.39 is 0 Å². The van der Waals surface area contributed by atoms with Gasteiger partial charge >= 0.3 is 5.97 Å². The van der Waals surface area contributed by atoms with Crippen LogP contribution in [0.5, 0.6) is 0 Å². The average molecular weight is 429 g/mol. The Morgan fingerprint density at radius 3 is 2.55 bits per heavy atom. The van der Waals surface area contributed by atoms with Gasteiger partial charge in [-0.25, -0.2) is 0 Å². The van der Waals surface area contributed by atoms with Crippen LogP contribution < -0.4 is 0 Å². The van der Waals surface area contributed by atoms with Gasteiger partial charge in [-0.1, -0.05) is 65.5 Å². The summed E-state index contributed by atoms with van der Waals surface area (Å²) in [6.45, 7) is 14.1. The first-order chi connectivity index (χ1) is 14.6. The SMILES string of the molecule is CC(=O)OC1CC[C@@]2(C)C(=CC[C@H]3[C@@H]4CC[C@H](C(C)CCCC(C)C)[C@@]4(C)CC[C@@H]32)C1. The average Bonchev–Trinajstić information content (AvgIpc) is 3.05. The van der Waals surface area contributed by atoms with E-state index in [0.29, 0.717) is 10.8 Å². The molecular weight excluding hydrogens is 380 g/mol. The molecule has 3 fully saturated rings. The van der Waals surface area contributed by atoms with E-state index in [1.807, 2.05) is 0 Å². The lowest BCUT2D eigenvalue weighted by molar-refractivity contribution is -0.148. The smallest absolute Gasteiger partial charge is 0.302 e. The van der Waals surface area contributed by atoms with Gasteiger partial charge in [-0.2, -0.15) is 0 Å². The molecule has 0 N–H and O–H groups in total. The highest BCUT2D eigenvalue weighted by molar-refractivity contribution is 5.66. The highest BCUT2D eigenvalue weighted by atomic mass is 16.5. The molecule has 8 atom stereocenters. The minimum atomic E-state index is -0.115. The zero-order valence-electron chi connectivity index (χ0n) is 21.2. The minimum absolute atomic E-state index is 0.115. The van der Waals surface area contributed by atoms with Crippen LogP contribution in [0.1, 0.15) is 112 Å². The fourth-order valence-electron chi connectivity index (χ4n) is 8.99. The zero-order valence-corrected chi connectivity index (χ0v) is 21.2. The molecule has 31 heavy (non-hydrogen) atoms. The van der Waals surface area contributed by atoms with Crippen LogP contribution in [0.25, 0.3) is 0 Å². The molecule has 0 heterocycles. The molecule has 0 aromatic heterocycles. The van der Waals surface area contributed by atoms with E-state index in [1.165, 1.54) is 57.8 Å². The Bertz CT molecular complexity index is 693. The van der Waals surface area contributed by atoms with Crippen molar-refractivity contribution in [2.24, 2.45) is 46.3 Å². The van der Waals surface area contributed by atoms with Crippen molar-refractivity contribution < 1.29 is 9.53 Å². The Hall–Kier alpha value is -0.790. The van der Waals surface area contributed by atoms with Gasteiger partial charge in [0.1, 0.15) is 6.10 Å². The van der Waals surface area contributed by atoms with Gasteiger partial charge in [-0.3, -0.25) is 4.79 Å². The van der Waals surface area contributed by atoms with Gasteiger partial charge in [-0.15, -0.1) is 0 Å². The Labute approximate surface area is 192 Å². The van der Waals surface area contributed by atoms with Crippen LogP contribution >= 0.6 is 0 Å². The first-order valence-electron chi connectivity index (χ1n) is 13.5. The summed E-state index contributed by atoms with van der Waals surface area (Å²) in [6, 6.07) is 0. The quantitative estimate of drug-likeness (QED) is 0.317. The standard InChI is InChI=1S/C29H48O2/c1-19(2)8-7-9-20(3)25-12-13-26-24-11-10-22-18-23(31-21(4)30)14-16-28(22,5)27(24)15-17-29(25,26)6/h10,19-20,23-27H,7-9,11-18H2,1-6H3/t20?,23?,24-,25+,26-,27-,28-,29+/m0/s1. The fraction of sp³-hybridized carbons (Fsp3) is 0.897. The van der Waals surface area contributed by atoms with Crippen molar-refractivity contribution in [1.29, 1.82) is 0 Å². The number of rotatable bonds is 6. The van der Waals surface area contributed by atoms with Crippen LogP contribution in [0.2, 0.25) is 0 Å². The number of ether oxygens (including phenoxy) is 1. The van der Waals surface area contributed by atoms with E-state index >= 15 is 0 Å². The van der Waals surface area contributed by atoms with E-state index in [9.17, 15) is 4.79 Å². The lowest BCUT2D eigenvalue weighted by Gasteiger charge is -2.58. The molecule has 4 aliphatic carbocycles. The van der Waals surface area contributed by atoms with Crippen molar-refractivity contribution in [3.63, 3.8) is 0 Å². The van der Waals surface area contributed by atoms with Gasteiger partial charge in [-0.05, 0) is 91.3 Å². The molecule has 2 nitrogen and oxygen atoms in total. The maximum absolute atomic E-state index is 11.5. The molecule has 3 saturated carbocycles. The van der Waals surface area contributed by atoms with E-state index in [0.717, 1.165) is 48.3 Å². The molecule has 4 aliphatic rings. The van der Waals surface area contributed by atoms with Crippen LogP contribution in [0.15, 0.2) is 11.6 Å².